The number of aromatic nitrogens is 3. The fourth-order valence-electron chi connectivity index (χ4n) is 1.44. The molecule has 0 saturated heterocycles. The minimum absolute atomic E-state index is 0.0922. The van der Waals surface area contributed by atoms with E-state index in [9.17, 15) is 4.79 Å². The first-order chi connectivity index (χ1) is 8.04. The molecule has 0 aliphatic heterocycles. The van der Waals surface area contributed by atoms with Gasteiger partial charge in [0.1, 0.15) is 18.1 Å². The van der Waals surface area contributed by atoms with Crippen LogP contribution < -0.4 is 11.1 Å². The van der Waals surface area contributed by atoms with E-state index >= 15 is 0 Å². The second-order valence-electron chi connectivity index (χ2n) is 3.74. The number of hydrogen-bond acceptors (Lipinski definition) is 5. The van der Waals surface area contributed by atoms with Gasteiger partial charge in [-0.05, 0) is 13.8 Å². The van der Waals surface area contributed by atoms with Gasteiger partial charge in [0.05, 0.1) is 0 Å². The minimum atomic E-state index is -0.232. The standard InChI is InChI=1S/C10H13N5O2/c1-6-3-8(11)13-15(6)5-10(16)12-9-4-7(2)17-14-9/h3-4H,5H2,1-2H3,(H2,11,13)(H,12,14,16). The number of nitrogens with zero attached hydrogens (tertiary/aromatic N) is 3. The molecule has 90 valence electrons. The van der Waals surface area contributed by atoms with Crippen molar-refractivity contribution in [1.82, 2.24) is 14.9 Å². The van der Waals surface area contributed by atoms with Crippen LogP contribution in [0, 0.1) is 13.8 Å². The summed E-state index contributed by atoms with van der Waals surface area (Å²) < 4.78 is 6.36. The van der Waals surface area contributed by atoms with Gasteiger partial charge in [-0.15, -0.1) is 0 Å². The zero-order chi connectivity index (χ0) is 12.4. The highest BCUT2D eigenvalue weighted by atomic mass is 16.5. The second kappa shape index (κ2) is 4.28. The number of carbonyl (C=O) groups is 1. The number of carbonyl (C=O) groups excluding carboxylic acids is 1. The van der Waals surface area contributed by atoms with E-state index in [1.165, 1.54) is 4.68 Å². The summed E-state index contributed by atoms with van der Waals surface area (Å²) in [6.45, 7) is 3.67. The van der Waals surface area contributed by atoms with Crippen LogP contribution in [0.5, 0.6) is 0 Å². The lowest BCUT2D eigenvalue weighted by Gasteiger charge is -2.03. The maximum atomic E-state index is 11.7. The van der Waals surface area contributed by atoms with Crippen LogP contribution in [0.15, 0.2) is 16.7 Å². The van der Waals surface area contributed by atoms with Crippen LogP contribution >= 0.6 is 0 Å². The Labute approximate surface area is 97.6 Å². The summed E-state index contributed by atoms with van der Waals surface area (Å²) in [7, 11) is 0. The van der Waals surface area contributed by atoms with Gasteiger partial charge in [-0.1, -0.05) is 5.16 Å². The molecule has 1 amide bonds. The second-order valence-corrected chi connectivity index (χ2v) is 3.74. The smallest absolute Gasteiger partial charge is 0.247 e. The normalized spacial score (nSPS) is 10.5. The highest BCUT2D eigenvalue weighted by Crippen LogP contribution is 2.08. The average molecular weight is 235 g/mol. The highest BCUT2D eigenvalue weighted by Gasteiger charge is 2.09. The Morgan fingerprint density at radius 3 is 2.82 bits per heavy atom. The Morgan fingerprint density at radius 1 is 1.53 bits per heavy atom. The third kappa shape index (κ3) is 2.63. The summed E-state index contributed by atoms with van der Waals surface area (Å²) in [5.41, 5.74) is 6.35. The van der Waals surface area contributed by atoms with Gasteiger partial charge in [-0.3, -0.25) is 9.48 Å². The van der Waals surface area contributed by atoms with Gasteiger partial charge in [-0.25, -0.2) is 0 Å². The number of rotatable bonds is 3. The molecule has 0 radical (unpaired) electrons. The van der Waals surface area contributed by atoms with Crippen LogP contribution in [-0.2, 0) is 11.3 Å². The molecule has 2 aromatic rings. The van der Waals surface area contributed by atoms with E-state index in [1.54, 1.807) is 19.1 Å². The van der Waals surface area contributed by atoms with E-state index in [1.807, 2.05) is 6.92 Å². The SMILES string of the molecule is Cc1cc(NC(=O)Cn2nc(N)cc2C)no1. The van der Waals surface area contributed by atoms with Crippen molar-refractivity contribution in [3.05, 3.63) is 23.6 Å². The van der Waals surface area contributed by atoms with Gasteiger partial charge in [-0.2, -0.15) is 5.10 Å². The van der Waals surface area contributed by atoms with Crippen molar-refractivity contribution in [3.8, 4) is 0 Å². The molecule has 0 aliphatic rings. The molecular weight excluding hydrogens is 222 g/mol. The Morgan fingerprint density at radius 2 is 2.29 bits per heavy atom. The Hall–Kier alpha value is -2.31. The van der Waals surface area contributed by atoms with E-state index in [4.69, 9.17) is 10.3 Å². The number of hydrogen-bond donors (Lipinski definition) is 2. The van der Waals surface area contributed by atoms with Crippen LogP contribution in [0.25, 0.3) is 0 Å². The van der Waals surface area contributed by atoms with Crippen LogP contribution in [-0.4, -0.2) is 20.8 Å². The van der Waals surface area contributed by atoms with E-state index in [2.05, 4.69) is 15.6 Å². The van der Waals surface area contributed by atoms with Gasteiger partial charge in [0, 0.05) is 17.8 Å². The largest absolute Gasteiger partial charge is 0.382 e. The minimum Gasteiger partial charge on any atom is -0.382 e. The number of nitrogen functional groups attached to an aromatic ring is 1. The molecular formula is C10H13N5O2. The van der Waals surface area contributed by atoms with Crippen LogP contribution in [0.2, 0.25) is 0 Å². The number of aryl methyl sites for hydroxylation is 2. The van der Waals surface area contributed by atoms with Gasteiger partial charge in [0.25, 0.3) is 0 Å². The monoisotopic (exact) mass is 235 g/mol. The lowest BCUT2D eigenvalue weighted by molar-refractivity contribution is -0.117. The molecule has 17 heavy (non-hydrogen) atoms. The van der Waals surface area contributed by atoms with Gasteiger partial charge in [0.15, 0.2) is 5.82 Å². The maximum absolute atomic E-state index is 11.7. The van der Waals surface area contributed by atoms with Crippen LogP contribution in [0.1, 0.15) is 11.5 Å². The Kier molecular flexibility index (Phi) is 2.82. The van der Waals surface area contributed by atoms with Gasteiger partial charge < -0.3 is 15.6 Å². The van der Waals surface area contributed by atoms with E-state index < -0.39 is 0 Å². The predicted molar refractivity (Wildman–Crippen MR) is 61.2 cm³/mol. The summed E-state index contributed by atoms with van der Waals surface area (Å²) in [4.78, 5) is 11.7. The molecule has 0 saturated carbocycles. The number of amides is 1. The topological polar surface area (TPSA) is 99.0 Å². The van der Waals surface area contributed by atoms with Crippen LogP contribution in [0.3, 0.4) is 0 Å². The number of nitrogens with two attached hydrogens (primary N) is 1. The van der Waals surface area contributed by atoms with Crippen molar-refractivity contribution in [2.75, 3.05) is 11.1 Å². The molecule has 0 fully saturated rings. The highest BCUT2D eigenvalue weighted by molar-refractivity contribution is 5.89. The molecule has 2 rings (SSSR count). The first-order valence-corrected chi connectivity index (χ1v) is 5.07. The molecule has 2 heterocycles. The fraction of sp³-hybridized carbons (Fsp3) is 0.300. The van der Waals surface area contributed by atoms with Crippen molar-refractivity contribution in [2.24, 2.45) is 0 Å². The predicted octanol–water partition coefficient (Wildman–Crippen LogP) is 0.709. The summed E-state index contributed by atoms with van der Waals surface area (Å²) in [6, 6.07) is 3.34. The molecule has 0 aliphatic carbocycles. The van der Waals surface area contributed by atoms with Gasteiger partial charge in [0.2, 0.25) is 5.91 Å². The lowest BCUT2D eigenvalue weighted by Crippen LogP contribution is -2.20. The molecule has 0 bridgehead atoms. The molecule has 2 aromatic heterocycles. The first-order valence-electron chi connectivity index (χ1n) is 5.07. The average Bonchev–Trinajstić information content (AvgIpc) is 2.74. The molecule has 3 N–H and O–H groups in total. The molecule has 0 atom stereocenters. The van der Waals surface area contributed by atoms with Crippen LogP contribution in [0.4, 0.5) is 11.6 Å². The van der Waals surface area contributed by atoms with Crippen molar-refractivity contribution in [2.45, 2.75) is 20.4 Å². The third-order valence-electron chi connectivity index (χ3n) is 2.19. The quantitative estimate of drug-likeness (QED) is 0.816. The zero-order valence-corrected chi connectivity index (χ0v) is 9.60. The molecule has 7 heteroatoms. The number of nitrogens with one attached hydrogen (secondary N) is 1. The lowest BCUT2D eigenvalue weighted by atomic mass is 10.4. The van der Waals surface area contributed by atoms with E-state index in [0.29, 0.717) is 17.4 Å². The van der Waals surface area contributed by atoms with Crippen molar-refractivity contribution in [3.63, 3.8) is 0 Å². The number of anilines is 2. The Balaban J connectivity index is 2.00. The summed E-state index contributed by atoms with van der Waals surface area (Å²) in [6.07, 6.45) is 0. The van der Waals surface area contributed by atoms with Gasteiger partial charge >= 0.3 is 0 Å². The van der Waals surface area contributed by atoms with E-state index in [0.717, 1.165) is 5.69 Å². The van der Waals surface area contributed by atoms with Crippen molar-refractivity contribution < 1.29 is 9.32 Å². The fourth-order valence-corrected chi connectivity index (χ4v) is 1.44. The molecule has 0 unspecified atom stereocenters. The van der Waals surface area contributed by atoms with Crippen molar-refractivity contribution in [1.29, 1.82) is 0 Å². The zero-order valence-electron chi connectivity index (χ0n) is 9.60. The third-order valence-corrected chi connectivity index (χ3v) is 2.19. The van der Waals surface area contributed by atoms with E-state index in [-0.39, 0.29) is 12.5 Å². The summed E-state index contributed by atoms with van der Waals surface area (Å²) >= 11 is 0. The van der Waals surface area contributed by atoms with Crippen molar-refractivity contribution >= 4 is 17.5 Å². The Bertz CT molecular complexity index is 543. The molecule has 0 spiro atoms. The maximum Gasteiger partial charge on any atom is 0.247 e. The molecule has 0 aromatic carbocycles. The first kappa shape index (κ1) is 11.2. The summed E-state index contributed by atoms with van der Waals surface area (Å²) in [5.74, 6) is 1.20. The summed E-state index contributed by atoms with van der Waals surface area (Å²) in [5, 5.41) is 10.3. The molecule has 7 nitrogen and oxygen atoms in total.